The third-order valence-electron chi connectivity index (χ3n) is 3.95. The predicted molar refractivity (Wildman–Crippen MR) is 75.3 cm³/mol. The summed E-state index contributed by atoms with van der Waals surface area (Å²) in [5.41, 5.74) is 0.133. The van der Waals surface area contributed by atoms with Crippen molar-refractivity contribution in [1.82, 2.24) is 0 Å². The highest BCUT2D eigenvalue weighted by atomic mass is 16.6. The Kier molecular flexibility index (Phi) is 4.22. The molecular formula is C14H18N2O4. The Hall–Kier alpha value is -2.11. The van der Waals surface area contributed by atoms with Gasteiger partial charge in [-0.05, 0) is 24.8 Å². The van der Waals surface area contributed by atoms with Gasteiger partial charge in [0, 0.05) is 19.2 Å². The number of benzene rings is 1. The van der Waals surface area contributed by atoms with E-state index in [0.717, 1.165) is 19.3 Å². The molecule has 1 saturated heterocycles. The molecule has 1 aliphatic rings. The number of nitro groups is 1. The lowest BCUT2D eigenvalue weighted by molar-refractivity contribution is -0.384. The summed E-state index contributed by atoms with van der Waals surface area (Å²) in [7, 11) is 0. The molecular weight excluding hydrogens is 260 g/mol. The highest BCUT2D eigenvalue weighted by Crippen LogP contribution is 2.35. The van der Waals surface area contributed by atoms with Crippen LogP contribution in [-0.2, 0) is 0 Å². The molecule has 6 nitrogen and oxygen atoms in total. The zero-order chi connectivity index (χ0) is 14.7. The van der Waals surface area contributed by atoms with Crippen molar-refractivity contribution in [3.05, 3.63) is 33.9 Å². The average molecular weight is 278 g/mol. The molecule has 1 aromatic carbocycles. The highest BCUT2D eigenvalue weighted by molar-refractivity contribution is 5.97. The summed E-state index contributed by atoms with van der Waals surface area (Å²) >= 11 is 0. The Morgan fingerprint density at radius 1 is 1.45 bits per heavy atom. The van der Waals surface area contributed by atoms with Gasteiger partial charge in [0.25, 0.3) is 5.69 Å². The van der Waals surface area contributed by atoms with E-state index >= 15 is 0 Å². The number of hydrogen-bond donors (Lipinski definition) is 1. The van der Waals surface area contributed by atoms with E-state index in [4.69, 9.17) is 0 Å². The number of nitrogens with zero attached hydrogens (tertiary/aromatic N) is 2. The number of rotatable bonds is 4. The minimum absolute atomic E-state index is 0.00847. The Morgan fingerprint density at radius 3 is 2.60 bits per heavy atom. The summed E-state index contributed by atoms with van der Waals surface area (Å²) in [4.78, 5) is 23.8. The number of para-hydroxylation sites is 1. The monoisotopic (exact) mass is 278 g/mol. The van der Waals surface area contributed by atoms with E-state index in [-0.39, 0.29) is 16.9 Å². The van der Waals surface area contributed by atoms with Gasteiger partial charge in [-0.25, -0.2) is 4.79 Å². The molecule has 1 aliphatic heterocycles. The quantitative estimate of drug-likeness (QED) is 0.676. The van der Waals surface area contributed by atoms with Gasteiger partial charge in [-0.2, -0.15) is 0 Å². The van der Waals surface area contributed by atoms with Crippen molar-refractivity contribution < 1.29 is 14.8 Å². The topological polar surface area (TPSA) is 83.7 Å². The first-order valence-electron chi connectivity index (χ1n) is 6.80. The Labute approximate surface area is 117 Å². The fourth-order valence-corrected chi connectivity index (χ4v) is 2.75. The third kappa shape index (κ3) is 2.74. The highest BCUT2D eigenvalue weighted by Gasteiger charge is 2.28. The molecule has 1 fully saturated rings. The number of anilines is 1. The molecule has 1 aromatic rings. The second-order valence-electron chi connectivity index (χ2n) is 5.07. The van der Waals surface area contributed by atoms with E-state index in [9.17, 15) is 20.0 Å². The molecule has 2 rings (SSSR count). The smallest absolute Gasteiger partial charge is 0.338 e. The van der Waals surface area contributed by atoms with Gasteiger partial charge in [0.15, 0.2) is 0 Å². The second kappa shape index (κ2) is 5.90. The first-order valence-corrected chi connectivity index (χ1v) is 6.80. The molecule has 1 N–H and O–H groups in total. The maximum absolute atomic E-state index is 11.3. The van der Waals surface area contributed by atoms with Crippen molar-refractivity contribution in [2.45, 2.75) is 26.2 Å². The maximum atomic E-state index is 11.3. The van der Waals surface area contributed by atoms with Gasteiger partial charge in [-0.1, -0.05) is 19.4 Å². The third-order valence-corrected chi connectivity index (χ3v) is 3.95. The van der Waals surface area contributed by atoms with Crippen molar-refractivity contribution in [1.29, 1.82) is 0 Å². The summed E-state index contributed by atoms with van der Waals surface area (Å²) in [5.74, 6) is -0.497. The second-order valence-corrected chi connectivity index (χ2v) is 5.07. The summed E-state index contributed by atoms with van der Waals surface area (Å²) in [6, 6.07) is 4.22. The normalized spacial score (nSPS) is 16.1. The first-order chi connectivity index (χ1) is 9.54. The molecule has 0 spiro atoms. The molecule has 0 atom stereocenters. The van der Waals surface area contributed by atoms with Crippen LogP contribution < -0.4 is 4.90 Å². The number of carbonyl (C=O) groups is 1. The van der Waals surface area contributed by atoms with Gasteiger partial charge in [0.2, 0.25) is 0 Å². The van der Waals surface area contributed by atoms with Crippen LogP contribution in [0.2, 0.25) is 0 Å². The zero-order valence-corrected chi connectivity index (χ0v) is 11.4. The van der Waals surface area contributed by atoms with Gasteiger partial charge < -0.3 is 10.0 Å². The van der Waals surface area contributed by atoms with Crippen LogP contribution in [0.25, 0.3) is 0 Å². The van der Waals surface area contributed by atoms with Crippen LogP contribution in [-0.4, -0.2) is 29.1 Å². The van der Waals surface area contributed by atoms with E-state index in [1.165, 1.54) is 18.2 Å². The molecule has 20 heavy (non-hydrogen) atoms. The van der Waals surface area contributed by atoms with E-state index in [0.29, 0.717) is 19.0 Å². The predicted octanol–water partition coefficient (Wildman–Crippen LogP) is 2.92. The van der Waals surface area contributed by atoms with Gasteiger partial charge in [0.1, 0.15) is 5.69 Å². The van der Waals surface area contributed by atoms with Crippen LogP contribution in [0.4, 0.5) is 11.4 Å². The number of aromatic carboxylic acids is 1. The van der Waals surface area contributed by atoms with Gasteiger partial charge in [-0.3, -0.25) is 10.1 Å². The van der Waals surface area contributed by atoms with E-state index in [2.05, 4.69) is 6.92 Å². The average Bonchev–Trinajstić information content (AvgIpc) is 2.46. The minimum Gasteiger partial charge on any atom is -0.478 e. The van der Waals surface area contributed by atoms with E-state index in [1.54, 1.807) is 0 Å². The van der Waals surface area contributed by atoms with Crippen molar-refractivity contribution in [2.75, 3.05) is 18.0 Å². The summed E-state index contributed by atoms with van der Waals surface area (Å²) < 4.78 is 0. The van der Waals surface area contributed by atoms with Crippen LogP contribution in [0, 0.1) is 16.0 Å². The SMILES string of the molecule is CCC1CCN(c2c(C(=O)O)cccc2[N+](=O)[O-])CC1. The maximum Gasteiger partial charge on any atom is 0.338 e. The van der Waals surface area contributed by atoms with Crippen LogP contribution in [0.5, 0.6) is 0 Å². The van der Waals surface area contributed by atoms with Gasteiger partial charge in [0.05, 0.1) is 10.5 Å². The summed E-state index contributed by atoms with van der Waals surface area (Å²) in [6.07, 6.45) is 2.99. The standard InChI is InChI=1S/C14H18N2O4/c1-2-10-6-8-15(9-7-10)13-11(14(17)18)4-3-5-12(13)16(19)20/h3-5,10H,2,6-9H2,1H3,(H,17,18). The van der Waals surface area contributed by atoms with Gasteiger partial charge in [-0.15, -0.1) is 0 Å². The molecule has 108 valence electrons. The summed E-state index contributed by atoms with van der Waals surface area (Å²) in [5, 5.41) is 20.4. The fourth-order valence-electron chi connectivity index (χ4n) is 2.75. The van der Waals surface area contributed by atoms with E-state index in [1.807, 2.05) is 4.90 Å². The molecule has 0 saturated carbocycles. The molecule has 0 bridgehead atoms. The van der Waals surface area contributed by atoms with Crippen LogP contribution in [0.15, 0.2) is 18.2 Å². The lowest BCUT2D eigenvalue weighted by atomic mass is 9.93. The Balaban J connectivity index is 2.38. The molecule has 0 aliphatic carbocycles. The van der Waals surface area contributed by atoms with Crippen LogP contribution >= 0.6 is 0 Å². The Bertz CT molecular complexity index is 490. The lowest BCUT2D eigenvalue weighted by Gasteiger charge is -2.33. The summed E-state index contributed by atoms with van der Waals surface area (Å²) in [6.45, 7) is 3.47. The number of hydrogen-bond acceptors (Lipinski definition) is 4. The molecule has 0 aromatic heterocycles. The molecule has 0 radical (unpaired) electrons. The minimum atomic E-state index is -1.12. The van der Waals surface area contributed by atoms with Crippen LogP contribution in [0.3, 0.4) is 0 Å². The zero-order valence-electron chi connectivity index (χ0n) is 11.4. The molecule has 0 unspecified atom stereocenters. The lowest BCUT2D eigenvalue weighted by Crippen LogP contribution is -2.35. The van der Waals surface area contributed by atoms with E-state index < -0.39 is 10.9 Å². The first kappa shape index (κ1) is 14.3. The van der Waals surface area contributed by atoms with Crippen molar-refractivity contribution in [2.24, 2.45) is 5.92 Å². The number of carboxylic acids is 1. The van der Waals surface area contributed by atoms with Crippen molar-refractivity contribution >= 4 is 17.3 Å². The fraction of sp³-hybridized carbons (Fsp3) is 0.500. The largest absolute Gasteiger partial charge is 0.478 e. The molecule has 0 amide bonds. The molecule has 6 heteroatoms. The van der Waals surface area contributed by atoms with Crippen molar-refractivity contribution in [3.8, 4) is 0 Å². The number of piperidine rings is 1. The number of carboxylic acid groups (broad SMARTS) is 1. The van der Waals surface area contributed by atoms with Crippen LogP contribution in [0.1, 0.15) is 36.5 Å². The van der Waals surface area contributed by atoms with Gasteiger partial charge >= 0.3 is 5.97 Å². The Morgan fingerprint density at radius 2 is 2.10 bits per heavy atom. The molecule has 1 heterocycles. The van der Waals surface area contributed by atoms with Crippen molar-refractivity contribution in [3.63, 3.8) is 0 Å². The number of nitro benzene ring substituents is 1.